The lowest BCUT2D eigenvalue weighted by atomic mass is 10.00. The molecule has 1 N–H and O–H groups in total. The van der Waals surface area contributed by atoms with Crippen molar-refractivity contribution < 1.29 is 14.6 Å². The van der Waals surface area contributed by atoms with E-state index in [0.717, 1.165) is 28.9 Å². The van der Waals surface area contributed by atoms with Crippen LogP contribution in [0.5, 0.6) is 5.75 Å². The van der Waals surface area contributed by atoms with Crippen molar-refractivity contribution >= 4 is 17.6 Å². The molecule has 0 saturated carbocycles. The van der Waals surface area contributed by atoms with Crippen LogP contribution in [0, 0.1) is 13.8 Å². The molecule has 1 aromatic rings. The molecule has 0 unspecified atom stereocenters. The predicted octanol–water partition coefficient (Wildman–Crippen LogP) is 3.76. The lowest BCUT2D eigenvalue weighted by Gasteiger charge is -2.16. The number of ether oxygens (including phenoxy) is 1. The second-order valence-corrected chi connectivity index (χ2v) is 4.73. The van der Waals surface area contributed by atoms with Gasteiger partial charge in [0.25, 0.3) is 0 Å². The van der Waals surface area contributed by atoms with Gasteiger partial charge in [-0.15, -0.1) is 0 Å². The van der Waals surface area contributed by atoms with Crippen LogP contribution >= 0.6 is 11.6 Å². The Balaban J connectivity index is 3.08. The van der Waals surface area contributed by atoms with Gasteiger partial charge in [-0.1, -0.05) is 18.5 Å². The summed E-state index contributed by atoms with van der Waals surface area (Å²) in [6.07, 6.45) is 1.45. The Morgan fingerprint density at radius 1 is 1.44 bits per heavy atom. The maximum atomic E-state index is 10.7. The largest absolute Gasteiger partial charge is 0.493 e. The molecule has 0 saturated heterocycles. The van der Waals surface area contributed by atoms with Gasteiger partial charge in [-0.05, 0) is 49.4 Å². The fraction of sp³-hybridized carbons (Fsp3) is 0.500. The van der Waals surface area contributed by atoms with Crippen molar-refractivity contribution in [3.8, 4) is 5.75 Å². The molecule has 4 heteroatoms. The van der Waals surface area contributed by atoms with Crippen molar-refractivity contribution in [2.45, 2.75) is 40.0 Å². The molecule has 0 aromatic heterocycles. The summed E-state index contributed by atoms with van der Waals surface area (Å²) in [7, 11) is 0. The zero-order chi connectivity index (χ0) is 13.7. The average Bonchev–Trinajstić information content (AvgIpc) is 2.32. The molecule has 0 heterocycles. The molecule has 0 fully saturated rings. The van der Waals surface area contributed by atoms with E-state index in [-0.39, 0.29) is 6.42 Å². The highest BCUT2D eigenvalue weighted by atomic mass is 35.5. The second kappa shape index (κ2) is 6.64. The van der Waals surface area contributed by atoms with Crippen LogP contribution in [0.3, 0.4) is 0 Å². The number of aliphatic carboxylic acids is 1. The van der Waals surface area contributed by atoms with E-state index in [1.54, 1.807) is 0 Å². The van der Waals surface area contributed by atoms with E-state index in [1.165, 1.54) is 0 Å². The molecule has 100 valence electrons. The van der Waals surface area contributed by atoms with E-state index in [9.17, 15) is 4.79 Å². The maximum absolute atomic E-state index is 10.7. The minimum atomic E-state index is -0.812. The number of carbonyl (C=O) groups is 1. The van der Waals surface area contributed by atoms with Gasteiger partial charge in [-0.3, -0.25) is 4.79 Å². The molecular formula is C14H19ClO3. The number of carboxylic acids is 1. The van der Waals surface area contributed by atoms with Crippen molar-refractivity contribution in [3.05, 3.63) is 27.8 Å². The van der Waals surface area contributed by atoms with Crippen LogP contribution < -0.4 is 4.74 Å². The van der Waals surface area contributed by atoms with Gasteiger partial charge in [0.1, 0.15) is 5.75 Å². The maximum Gasteiger partial charge on any atom is 0.303 e. The Labute approximate surface area is 113 Å². The Bertz CT molecular complexity index is 441. The summed E-state index contributed by atoms with van der Waals surface area (Å²) >= 11 is 6.20. The second-order valence-electron chi connectivity index (χ2n) is 4.35. The van der Waals surface area contributed by atoms with Gasteiger partial charge in [0, 0.05) is 11.4 Å². The van der Waals surface area contributed by atoms with E-state index < -0.39 is 5.97 Å². The number of halogens is 1. The fourth-order valence-electron chi connectivity index (χ4n) is 1.84. The van der Waals surface area contributed by atoms with Gasteiger partial charge in [0.05, 0.1) is 6.61 Å². The van der Waals surface area contributed by atoms with E-state index in [4.69, 9.17) is 21.4 Å². The minimum Gasteiger partial charge on any atom is -0.493 e. The molecule has 0 spiro atoms. The van der Waals surface area contributed by atoms with Crippen LogP contribution in [0.15, 0.2) is 6.07 Å². The summed E-state index contributed by atoms with van der Waals surface area (Å²) in [6.45, 7) is 6.49. The van der Waals surface area contributed by atoms with Crippen molar-refractivity contribution in [1.82, 2.24) is 0 Å². The number of benzene rings is 1. The summed E-state index contributed by atoms with van der Waals surface area (Å²) in [6, 6.07) is 1.89. The monoisotopic (exact) mass is 270 g/mol. The molecule has 18 heavy (non-hydrogen) atoms. The van der Waals surface area contributed by atoms with Gasteiger partial charge >= 0.3 is 5.97 Å². The lowest BCUT2D eigenvalue weighted by Crippen LogP contribution is -2.05. The highest BCUT2D eigenvalue weighted by molar-refractivity contribution is 6.32. The lowest BCUT2D eigenvalue weighted by molar-refractivity contribution is -0.136. The first kappa shape index (κ1) is 14.8. The van der Waals surface area contributed by atoms with E-state index in [0.29, 0.717) is 18.1 Å². The number of carboxylic acid groups (broad SMARTS) is 1. The van der Waals surface area contributed by atoms with Crippen LogP contribution in [0.4, 0.5) is 0 Å². The van der Waals surface area contributed by atoms with E-state index in [2.05, 4.69) is 0 Å². The number of hydrogen-bond acceptors (Lipinski definition) is 2. The standard InChI is InChI=1S/C14H19ClO3/c1-4-7-18-12-8-9(2)14(15)10(3)11(12)5-6-13(16)17/h8H,4-7H2,1-3H3,(H,16,17). The Morgan fingerprint density at radius 3 is 2.67 bits per heavy atom. The SMILES string of the molecule is CCCOc1cc(C)c(Cl)c(C)c1CCC(=O)O. The summed E-state index contributed by atoms with van der Waals surface area (Å²) < 4.78 is 5.68. The molecule has 0 aliphatic rings. The summed E-state index contributed by atoms with van der Waals surface area (Å²) in [5.74, 6) is -0.0509. The summed E-state index contributed by atoms with van der Waals surface area (Å²) in [4.78, 5) is 10.7. The first-order valence-corrected chi connectivity index (χ1v) is 6.48. The predicted molar refractivity (Wildman–Crippen MR) is 72.7 cm³/mol. The molecule has 1 aromatic carbocycles. The van der Waals surface area contributed by atoms with Gasteiger partial charge in [-0.2, -0.15) is 0 Å². The van der Waals surface area contributed by atoms with Crippen molar-refractivity contribution in [1.29, 1.82) is 0 Å². The molecule has 0 aliphatic heterocycles. The van der Waals surface area contributed by atoms with Crippen LogP contribution in [-0.4, -0.2) is 17.7 Å². The van der Waals surface area contributed by atoms with Gasteiger partial charge in [0.15, 0.2) is 0 Å². The third kappa shape index (κ3) is 3.64. The molecule has 0 bridgehead atoms. The normalized spacial score (nSPS) is 10.4. The fourth-order valence-corrected chi connectivity index (χ4v) is 2.01. The Hall–Kier alpha value is -1.22. The van der Waals surface area contributed by atoms with Gasteiger partial charge < -0.3 is 9.84 Å². The topological polar surface area (TPSA) is 46.5 Å². The average molecular weight is 271 g/mol. The van der Waals surface area contributed by atoms with Crippen molar-refractivity contribution in [2.24, 2.45) is 0 Å². The Kier molecular flexibility index (Phi) is 5.48. The van der Waals surface area contributed by atoms with Crippen LogP contribution in [-0.2, 0) is 11.2 Å². The molecule has 1 rings (SSSR count). The molecule has 0 amide bonds. The third-order valence-corrected chi connectivity index (χ3v) is 3.41. The molecule has 0 aliphatic carbocycles. The first-order valence-electron chi connectivity index (χ1n) is 6.10. The number of rotatable bonds is 6. The molecule has 0 atom stereocenters. The van der Waals surface area contributed by atoms with Crippen LogP contribution in [0.1, 0.15) is 36.5 Å². The number of hydrogen-bond donors (Lipinski definition) is 1. The molecular weight excluding hydrogens is 252 g/mol. The third-order valence-electron chi connectivity index (χ3n) is 2.82. The summed E-state index contributed by atoms with van der Waals surface area (Å²) in [5, 5.41) is 9.48. The zero-order valence-electron chi connectivity index (χ0n) is 11.0. The van der Waals surface area contributed by atoms with Crippen molar-refractivity contribution in [2.75, 3.05) is 6.61 Å². The molecule has 3 nitrogen and oxygen atoms in total. The van der Waals surface area contributed by atoms with Crippen molar-refractivity contribution in [3.63, 3.8) is 0 Å². The highest BCUT2D eigenvalue weighted by Crippen LogP contribution is 2.32. The van der Waals surface area contributed by atoms with Crippen LogP contribution in [0.25, 0.3) is 0 Å². The van der Waals surface area contributed by atoms with E-state index >= 15 is 0 Å². The molecule has 0 radical (unpaired) electrons. The quantitative estimate of drug-likeness (QED) is 0.856. The minimum absolute atomic E-state index is 0.0860. The van der Waals surface area contributed by atoms with Gasteiger partial charge in [-0.25, -0.2) is 0 Å². The zero-order valence-corrected chi connectivity index (χ0v) is 11.8. The highest BCUT2D eigenvalue weighted by Gasteiger charge is 2.14. The van der Waals surface area contributed by atoms with Crippen LogP contribution in [0.2, 0.25) is 5.02 Å². The van der Waals surface area contributed by atoms with Gasteiger partial charge in [0.2, 0.25) is 0 Å². The first-order chi connectivity index (χ1) is 8.47. The number of aryl methyl sites for hydroxylation is 1. The Morgan fingerprint density at radius 2 is 2.11 bits per heavy atom. The van der Waals surface area contributed by atoms with E-state index in [1.807, 2.05) is 26.8 Å². The smallest absolute Gasteiger partial charge is 0.303 e. The summed E-state index contributed by atoms with van der Waals surface area (Å²) in [5.41, 5.74) is 2.78.